The van der Waals surface area contributed by atoms with E-state index in [-0.39, 0.29) is 5.78 Å². The van der Waals surface area contributed by atoms with Gasteiger partial charge >= 0.3 is 0 Å². The van der Waals surface area contributed by atoms with E-state index in [1.165, 1.54) is 0 Å². The molecule has 0 aliphatic rings. The molecule has 1 aromatic rings. The van der Waals surface area contributed by atoms with Gasteiger partial charge in [-0.2, -0.15) is 0 Å². The second-order valence-electron chi connectivity index (χ2n) is 8.18. The summed E-state index contributed by atoms with van der Waals surface area (Å²) in [6.45, 7) is 13.5. The first-order valence-corrected chi connectivity index (χ1v) is 9.20. The minimum atomic E-state index is -1.28. The molecule has 4 nitrogen and oxygen atoms in total. The van der Waals surface area contributed by atoms with E-state index in [0.29, 0.717) is 18.4 Å². The van der Waals surface area contributed by atoms with Crippen molar-refractivity contribution in [1.82, 2.24) is 0 Å². The summed E-state index contributed by atoms with van der Waals surface area (Å²) in [6, 6.07) is 7.23. The molecule has 0 amide bonds. The maximum absolute atomic E-state index is 12.7. The van der Waals surface area contributed by atoms with Gasteiger partial charge in [-0.05, 0) is 53.0 Å². The van der Waals surface area contributed by atoms with Crippen molar-refractivity contribution in [2.45, 2.75) is 91.0 Å². The molecule has 1 aromatic carbocycles. The van der Waals surface area contributed by atoms with E-state index in [9.17, 15) is 9.90 Å². The lowest BCUT2D eigenvalue weighted by atomic mass is 9.85. The van der Waals surface area contributed by atoms with Crippen LogP contribution in [0.2, 0.25) is 0 Å². The van der Waals surface area contributed by atoms with Crippen molar-refractivity contribution in [3.8, 4) is 0 Å². The van der Waals surface area contributed by atoms with Crippen LogP contribution in [0.4, 0.5) is 0 Å². The van der Waals surface area contributed by atoms with Crippen molar-refractivity contribution in [2.75, 3.05) is 0 Å². The van der Waals surface area contributed by atoms with E-state index in [2.05, 4.69) is 6.92 Å². The van der Waals surface area contributed by atoms with Gasteiger partial charge in [0.15, 0.2) is 5.78 Å². The Kier molecular flexibility index (Phi) is 7.36. The van der Waals surface area contributed by atoms with Crippen LogP contribution in [0.15, 0.2) is 24.3 Å². The predicted molar refractivity (Wildman–Crippen MR) is 100 cm³/mol. The van der Waals surface area contributed by atoms with Crippen molar-refractivity contribution >= 4 is 5.78 Å². The molecule has 0 fully saturated rings. The van der Waals surface area contributed by atoms with Crippen molar-refractivity contribution in [2.24, 2.45) is 0 Å². The van der Waals surface area contributed by atoms with E-state index in [4.69, 9.17) is 9.78 Å². The molecule has 1 N–H and O–H groups in total. The molecule has 1 rings (SSSR count). The number of unbranched alkanes of at least 4 members (excludes halogenated alkanes) is 1. The lowest BCUT2D eigenvalue weighted by molar-refractivity contribution is -0.401. The minimum Gasteiger partial charge on any atom is -0.382 e. The molecular weight excluding hydrogens is 316 g/mol. The summed E-state index contributed by atoms with van der Waals surface area (Å²) < 4.78 is 0. The Morgan fingerprint density at radius 3 is 2.00 bits per heavy atom. The highest BCUT2D eigenvalue weighted by Gasteiger charge is 2.34. The molecule has 0 saturated heterocycles. The highest BCUT2D eigenvalue weighted by molar-refractivity contribution is 6.02. The molecule has 0 bridgehead atoms. The first-order valence-electron chi connectivity index (χ1n) is 9.20. The van der Waals surface area contributed by atoms with Crippen LogP contribution in [0.5, 0.6) is 0 Å². The Labute approximate surface area is 152 Å². The molecule has 4 heteroatoms. The summed E-state index contributed by atoms with van der Waals surface area (Å²) in [5.41, 5.74) is -0.889. The average molecular weight is 350 g/mol. The number of rotatable bonds is 9. The van der Waals surface area contributed by atoms with Crippen molar-refractivity contribution in [1.29, 1.82) is 0 Å². The number of hydrogen-bond acceptors (Lipinski definition) is 4. The Morgan fingerprint density at radius 1 is 1.00 bits per heavy atom. The fourth-order valence-corrected chi connectivity index (χ4v) is 2.49. The van der Waals surface area contributed by atoms with Crippen LogP contribution in [-0.2, 0) is 15.4 Å². The van der Waals surface area contributed by atoms with Crippen LogP contribution in [0, 0.1) is 0 Å². The van der Waals surface area contributed by atoms with E-state index < -0.39 is 16.8 Å². The van der Waals surface area contributed by atoms with E-state index in [0.717, 1.165) is 18.4 Å². The van der Waals surface area contributed by atoms with Crippen LogP contribution in [0.1, 0.15) is 90.1 Å². The van der Waals surface area contributed by atoms with Gasteiger partial charge in [0, 0.05) is 5.56 Å². The SMILES string of the molecule is CCCCC(O)(CC)C(=O)c1ccc(C(C)(C)OOC(C)(C)C)cc1. The number of Topliss-reactive ketones (excluding diaryl/α,β-unsaturated/α-hetero) is 1. The number of hydrogen-bond donors (Lipinski definition) is 1. The molecule has 142 valence electrons. The lowest BCUT2D eigenvalue weighted by Gasteiger charge is -2.29. The zero-order valence-corrected chi connectivity index (χ0v) is 16.8. The molecule has 0 spiro atoms. The van der Waals surface area contributed by atoms with Crippen molar-refractivity contribution in [3.63, 3.8) is 0 Å². The second kappa shape index (κ2) is 8.43. The van der Waals surface area contributed by atoms with Gasteiger partial charge in [0.05, 0.1) is 5.60 Å². The number of carbonyl (C=O) groups excluding carboxylic acids is 1. The Bertz CT molecular complexity index is 554. The molecule has 0 aliphatic heterocycles. The first kappa shape index (κ1) is 21.8. The molecule has 25 heavy (non-hydrogen) atoms. The third-order valence-corrected chi connectivity index (χ3v) is 4.29. The van der Waals surface area contributed by atoms with Crippen molar-refractivity contribution in [3.05, 3.63) is 35.4 Å². The maximum atomic E-state index is 12.7. The summed E-state index contributed by atoms with van der Waals surface area (Å²) in [4.78, 5) is 23.7. The van der Waals surface area contributed by atoms with Gasteiger partial charge in [-0.15, -0.1) is 0 Å². The monoisotopic (exact) mass is 350 g/mol. The molecule has 1 unspecified atom stereocenters. The van der Waals surface area contributed by atoms with Crippen LogP contribution in [-0.4, -0.2) is 22.1 Å². The summed E-state index contributed by atoms with van der Waals surface area (Å²) >= 11 is 0. The van der Waals surface area contributed by atoms with Crippen LogP contribution >= 0.6 is 0 Å². The fraction of sp³-hybridized carbons (Fsp3) is 0.667. The normalized spacial score (nSPS) is 15.0. The van der Waals surface area contributed by atoms with Crippen LogP contribution < -0.4 is 0 Å². The smallest absolute Gasteiger partial charge is 0.194 e. The predicted octanol–water partition coefficient (Wildman–Crippen LogP) is 5.18. The Hall–Kier alpha value is -1.23. The van der Waals surface area contributed by atoms with Gasteiger partial charge in [0.1, 0.15) is 11.2 Å². The molecule has 0 saturated carbocycles. The van der Waals surface area contributed by atoms with E-state index in [1.54, 1.807) is 12.1 Å². The summed E-state index contributed by atoms with van der Waals surface area (Å²) in [6.07, 6.45) is 2.70. The third kappa shape index (κ3) is 6.21. The van der Waals surface area contributed by atoms with Gasteiger partial charge in [0.2, 0.25) is 0 Å². The number of carbonyl (C=O) groups is 1. The van der Waals surface area contributed by atoms with E-state index in [1.807, 2.05) is 53.7 Å². The number of ketones is 1. The molecule has 0 radical (unpaired) electrons. The van der Waals surface area contributed by atoms with Crippen molar-refractivity contribution < 1.29 is 19.7 Å². The van der Waals surface area contributed by atoms with Gasteiger partial charge < -0.3 is 5.11 Å². The quantitative estimate of drug-likeness (QED) is 0.379. The molecule has 0 heterocycles. The molecule has 1 atom stereocenters. The topological polar surface area (TPSA) is 55.8 Å². The molecule has 0 aromatic heterocycles. The zero-order chi connectivity index (χ0) is 19.3. The lowest BCUT2D eigenvalue weighted by Crippen LogP contribution is -2.38. The van der Waals surface area contributed by atoms with Gasteiger partial charge in [-0.1, -0.05) is 51.0 Å². The van der Waals surface area contributed by atoms with Gasteiger partial charge in [-0.3, -0.25) is 4.79 Å². The molecule has 0 aliphatic carbocycles. The van der Waals surface area contributed by atoms with Crippen LogP contribution in [0.3, 0.4) is 0 Å². The van der Waals surface area contributed by atoms with Crippen LogP contribution in [0.25, 0.3) is 0 Å². The molecular formula is C21H34O4. The average Bonchev–Trinajstić information content (AvgIpc) is 2.57. The highest BCUT2D eigenvalue weighted by atomic mass is 17.2. The maximum Gasteiger partial charge on any atom is 0.194 e. The summed E-state index contributed by atoms with van der Waals surface area (Å²) in [7, 11) is 0. The van der Waals surface area contributed by atoms with E-state index >= 15 is 0 Å². The Morgan fingerprint density at radius 2 is 1.56 bits per heavy atom. The summed E-state index contributed by atoms with van der Waals surface area (Å²) in [5.74, 6) is -0.209. The summed E-state index contributed by atoms with van der Waals surface area (Å²) in [5, 5.41) is 10.7. The van der Waals surface area contributed by atoms with Gasteiger partial charge in [0.25, 0.3) is 0 Å². The largest absolute Gasteiger partial charge is 0.382 e. The number of benzene rings is 1. The first-order chi connectivity index (χ1) is 11.4. The minimum absolute atomic E-state index is 0.209. The Balaban J connectivity index is 2.92. The highest BCUT2D eigenvalue weighted by Crippen LogP contribution is 2.29. The van der Waals surface area contributed by atoms with Gasteiger partial charge in [-0.25, -0.2) is 9.78 Å². The second-order valence-corrected chi connectivity index (χ2v) is 8.18. The standard InChI is InChI=1S/C21H34O4/c1-8-10-15-21(23,9-2)18(22)16-11-13-17(14-12-16)20(6,7)25-24-19(3,4)5/h11-14,23H,8-10,15H2,1-7H3. The fourth-order valence-electron chi connectivity index (χ4n) is 2.49. The zero-order valence-electron chi connectivity index (χ0n) is 16.8. The number of aliphatic hydroxyl groups is 1. The third-order valence-electron chi connectivity index (χ3n) is 4.29.